The van der Waals surface area contributed by atoms with Gasteiger partial charge in [0.15, 0.2) is 5.01 Å². The first-order chi connectivity index (χ1) is 7.38. The highest BCUT2D eigenvalue weighted by atomic mass is 32.1. The summed E-state index contributed by atoms with van der Waals surface area (Å²) in [7, 11) is 0. The number of hydrogen-bond donors (Lipinski definition) is 0. The molecule has 0 aliphatic heterocycles. The number of nitrogens with zero attached hydrogens (tertiary/aromatic N) is 4. The van der Waals surface area contributed by atoms with Gasteiger partial charge in [-0.05, 0) is 12.1 Å². The Kier molecular flexibility index (Phi) is 1.64. The summed E-state index contributed by atoms with van der Waals surface area (Å²) in [6, 6.07) is 5.81. The van der Waals surface area contributed by atoms with Gasteiger partial charge in [0.05, 0.1) is 15.7 Å². The molecule has 0 N–H and O–H groups in total. The molecular weight excluding hydrogens is 208 g/mol. The minimum Gasteiger partial charge on any atom is -0.244 e. The zero-order chi connectivity index (χ0) is 10.3. The minimum absolute atomic E-state index is 0.473. The Bertz CT molecular complexity index is 695. The molecule has 0 unspecified atom stereocenters. The van der Waals surface area contributed by atoms with Gasteiger partial charge in [-0.25, -0.2) is 15.0 Å². The largest absolute Gasteiger partial charge is 0.244 e. The van der Waals surface area contributed by atoms with E-state index in [2.05, 4.69) is 15.0 Å². The summed E-state index contributed by atoms with van der Waals surface area (Å²) in [5.41, 5.74) is 1.71. The second-order valence-electron chi connectivity index (χ2n) is 3.00. The lowest BCUT2D eigenvalue weighted by Crippen LogP contribution is -1.80. The fourth-order valence-corrected chi connectivity index (χ4v) is 2.36. The molecule has 70 valence electrons. The lowest BCUT2D eigenvalue weighted by Gasteiger charge is -1.94. The normalized spacial score (nSPS) is 10.6. The van der Waals surface area contributed by atoms with E-state index < -0.39 is 0 Å². The summed E-state index contributed by atoms with van der Waals surface area (Å²) in [5, 5.41) is 10.2. The molecule has 0 aliphatic rings. The molecule has 15 heavy (non-hydrogen) atoms. The monoisotopic (exact) mass is 212 g/mol. The Morgan fingerprint density at radius 1 is 1.27 bits per heavy atom. The Balaban J connectivity index is 2.54. The maximum absolute atomic E-state index is 8.78. The van der Waals surface area contributed by atoms with E-state index in [-0.39, 0.29) is 0 Å². The topological polar surface area (TPSA) is 62.5 Å². The summed E-state index contributed by atoms with van der Waals surface area (Å²) in [6.07, 6.45) is 3.27. The van der Waals surface area contributed by atoms with Crippen LogP contribution in [0.4, 0.5) is 0 Å². The predicted octanol–water partition coefficient (Wildman–Crippen LogP) is 2.11. The molecule has 0 saturated carbocycles. The third kappa shape index (κ3) is 1.16. The maximum atomic E-state index is 8.78. The van der Waals surface area contributed by atoms with Crippen LogP contribution in [0.3, 0.4) is 0 Å². The van der Waals surface area contributed by atoms with Crippen LogP contribution in [0, 0.1) is 11.3 Å². The second kappa shape index (κ2) is 2.97. The Hall–Kier alpha value is -2.06. The fraction of sp³-hybridized carbons (Fsp3) is 0. The molecule has 2 aromatic heterocycles. The number of thiazole rings is 1. The molecule has 0 aliphatic carbocycles. The van der Waals surface area contributed by atoms with E-state index in [0.29, 0.717) is 5.01 Å². The smallest absolute Gasteiger partial charge is 0.195 e. The van der Waals surface area contributed by atoms with Crippen molar-refractivity contribution >= 4 is 32.5 Å². The average Bonchev–Trinajstić information content (AvgIpc) is 2.72. The van der Waals surface area contributed by atoms with Gasteiger partial charge in [-0.15, -0.1) is 11.3 Å². The van der Waals surface area contributed by atoms with Gasteiger partial charge in [0.25, 0.3) is 0 Å². The molecule has 2 heterocycles. The van der Waals surface area contributed by atoms with Crippen molar-refractivity contribution in [3.05, 3.63) is 29.7 Å². The molecule has 0 fully saturated rings. The number of benzene rings is 1. The molecule has 3 rings (SSSR count). The minimum atomic E-state index is 0.473. The summed E-state index contributed by atoms with van der Waals surface area (Å²) in [6.45, 7) is 0. The number of fused-ring (bicyclic) bond motifs is 3. The third-order valence-electron chi connectivity index (χ3n) is 2.14. The number of aromatic nitrogens is 3. The summed E-state index contributed by atoms with van der Waals surface area (Å²) in [5.74, 6) is 0. The molecule has 0 spiro atoms. The van der Waals surface area contributed by atoms with Gasteiger partial charge in [-0.3, -0.25) is 0 Å². The van der Waals surface area contributed by atoms with Gasteiger partial charge in [0.2, 0.25) is 0 Å². The van der Waals surface area contributed by atoms with E-state index in [1.165, 1.54) is 17.7 Å². The highest BCUT2D eigenvalue weighted by molar-refractivity contribution is 7.20. The Morgan fingerprint density at radius 2 is 2.13 bits per heavy atom. The maximum Gasteiger partial charge on any atom is 0.195 e. The first kappa shape index (κ1) is 8.26. The summed E-state index contributed by atoms with van der Waals surface area (Å²) >= 11 is 1.37. The molecular formula is C10H4N4S. The summed E-state index contributed by atoms with van der Waals surface area (Å²) < 4.78 is 0.977. The van der Waals surface area contributed by atoms with Crippen LogP contribution in [0.1, 0.15) is 5.01 Å². The Labute approximate surface area is 88.9 Å². The molecule has 3 aromatic rings. The van der Waals surface area contributed by atoms with Crippen molar-refractivity contribution in [2.24, 2.45) is 0 Å². The molecule has 4 nitrogen and oxygen atoms in total. The molecule has 5 heteroatoms. The van der Waals surface area contributed by atoms with Crippen LogP contribution >= 0.6 is 11.3 Å². The van der Waals surface area contributed by atoms with Crippen LogP contribution in [0.25, 0.3) is 21.1 Å². The fourth-order valence-electron chi connectivity index (χ4n) is 1.49. The third-order valence-corrected chi connectivity index (χ3v) is 3.14. The van der Waals surface area contributed by atoms with Crippen molar-refractivity contribution in [3.63, 3.8) is 0 Å². The zero-order valence-electron chi connectivity index (χ0n) is 7.51. The van der Waals surface area contributed by atoms with Crippen LogP contribution in [-0.2, 0) is 0 Å². The molecule has 1 aromatic carbocycles. The second-order valence-corrected chi connectivity index (χ2v) is 4.00. The number of nitriles is 1. The molecule has 0 bridgehead atoms. The van der Waals surface area contributed by atoms with E-state index >= 15 is 0 Å². The van der Waals surface area contributed by atoms with Gasteiger partial charge in [-0.2, -0.15) is 5.26 Å². The van der Waals surface area contributed by atoms with Crippen molar-refractivity contribution < 1.29 is 0 Å². The van der Waals surface area contributed by atoms with Gasteiger partial charge in [-0.1, -0.05) is 0 Å². The van der Waals surface area contributed by atoms with E-state index in [1.54, 1.807) is 6.20 Å². The Morgan fingerprint density at radius 3 is 3.00 bits per heavy atom. The molecule has 0 amide bonds. The van der Waals surface area contributed by atoms with Crippen LogP contribution in [0.2, 0.25) is 0 Å². The highest BCUT2D eigenvalue weighted by Crippen LogP contribution is 2.28. The predicted molar refractivity (Wildman–Crippen MR) is 57.4 cm³/mol. The number of hydrogen-bond acceptors (Lipinski definition) is 5. The standard InChI is InChI=1S/C10H4N4S/c11-3-9-14-8-2-1-7-6(10(8)15-9)4-12-5-13-7/h1-2,4-5H. The summed E-state index contributed by atoms with van der Waals surface area (Å²) in [4.78, 5) is 12.3. The highest BCUT2D eigenvalue weighted by Gasteiger charge is 2.07. The first-order valence-electron chi connectivity index (χ1n) is 4.28. The van der Waals surface area contributed by atoms with Gasteiger partial charge in [0, 0.05) is 11.6 Å². The van der Waals surface area contributed by atoms with Crippen molar-refractivity contribution in [1.82, 2.24) is 15.0 Å². The quantitative estimate of drug-likeness (QED) is 0.572. The van der Waals surface area contributed by atoms with Crippen LogP contribution in [0.5, 0.6) is 0 Å². The van der Waals surface area contributed by atoms with E-state index in [1.807, 2.05) is 18.2 Å². The van der Waals surface area contributed by atoms with Gasteiger partial charge < -0.3 is 0 Å². The van der Waals surface area contributed by atoms with Gasteiger partial charge in [0.1, 0.15) is 12.4 Å². The van der Waals surface area contributed by atoms with E-state index in [4.69, 9.17) is 5.26 Å². The van der Waals surface area contributed by atoms with Crippen molar-refractivity contribution in [3.8, 4) is 6.07 Å². The SMILES string of the molecule is N#Cc1nc2ccc3ncncc3c2s1. The van der Waals surface area contributed by atoms with Crippen LogP contribution < -0.4 is 0 Å². The molecule has 0 atom stereocenters. The lowest BCUT2D eigenvalue weighted by molar-refractivity contribution is 1.23. The van der Waals surface area contributed by atoms with Gasteiger partial charge >= 0.3 is 0 Å². The van der Waals surface area contributed by atoms with E-state index in [9.17, 15) is 0 Å². The zero-order valence-corrected chi connectivity index (χ0v) is 8.32. The lowest BCUT2D eigenvalue weighted by atomic mass is 10.2. The van der Waals surface area contributed by atoms with Crippen LogP contribution in [-0.4, -0.2) is 15.0 Å². The molecule has 0 radical (unpaired) electrons. The van der Waals surface area contributed by atoms with Crippen molar-refractivity contribution in [1.29, 1.82) is 5.26 Å². The first-order valence-corrected chi connectivity index (χ1v) is 5.09. The van der Waals surface area contributed by atoms with Crippen LogP contribution in [0.15, 0.2) is 24.7 Å². The molecule has 0 saturated heterocycles. The average molecular weight is 212 g/mol. The van der Waals surface area contributed by atoms with E-state index in [0.717, 1.165) is 21.1 Å². The van der Waals surface area contributed by atoms with Crippen molar-refractivity contribution in [2.45, 2.75) is 0 Å². The van der Waals surface area contributed by atoms with Crippen molar-refractivity contribution in [2.75, 3.05) is 0 Å². The number of rotatable bonds is 0.